The van der Waals surface area contributed by atoms with E-state index < -0.39 is 10.0 Å². The van der Waals surface area contributed by atoms with Crippen molar-refractivity contribution in [2.75, 3.05) is 7.11 Å². The molecule has 0 atom stereocenters. The smallest absolute Gasteiger partial charge is 0.240 e. The van der Waals surface area contributed by atoms with E-state index in [9.17, 15) is 8.42 Å². The second kappa shape index (κ2) is 6.91. The van der Waals surface area contributed by atoms with Crippen molar-refractivity contribution >= 4 is 41.9 Å². The van der Waals surface area contributed by atoms with Crippen LogP contribution in [0.15, 0.2) is 56.3 Å². The lowest BCUT2D eigenvalue weighted by Gasteiger charge is -2.09. The van der Waals surface area contributed by atoms with Crippen molar-refractivity contribution in [3.8, 4) is 5.75 Å². The van der Waals surface area contributed by atoms with E-state index in [-0.39, 0.29) is 11.4 Å². The van der Waals surface area contributed by atoms with Gasteiger partial charge < -0.3 is 4.74 Å². The third-order valence-corrected chi connectivity index (χ3v) is 5.36. The maximum absolute atomic E-state index is 12.2. The molecule has 0 aromatic heterocycles. The molecule has 0 heterocycles. The molecule has 2 aromatic carbocycles. The van der Waals surface area contributed by atoms with Crippen LogP contribution >= 0.6 is 31.9 Å². The standard InChI is InChI=1S/C14H13Br2NO3S/c1-20-14-7-6-12(8-13(14)16)21(18,19)17-9-10-2-4-11(15)5-3-10/h2-8,17H,9H2,1H3. The monoisotopic (exact) mass is 433 g/mol. The highest BCUT2D eigenvalue weighted by Crippen LogP contribution is 2.27. The molecule has 2 aromatic rings. The van der Waals surface area contributed by atoms with E-state index in [2.05, 4.69) is 36.6 Å². The summed E-state index contributed by atoms with van der Waals surface area (Å²) in [4.78, 5) is 0.187. The Balaban J connectivity index is 2.14. The quantitative estimate of drug-likeness (QED) is 0.780. The Kier molecular flexibility index (Phi) is 5.43. The van der Waals surface area contributed by atoms with Gasteiger partial charge in [0.2, 0.25) is 10.0 Å². The number of halogens is 2. The summed E-state index contributed by atoms with van der Waals surface area (Å²) in [5.41, 5.74) is 0.884. The first kappa shape index (κ1) is 16.5. The minimum Gasteiger partial charge on any atom is -0.496 e. The third kappa shape index (κ3) is 4.29. The predicted molar refractivity (Wildman–Crippen MR) is 88.9 cm³/mol. The van der Waals surface area contributed by atoms with Gasteiger partial charge in [-0.1, -0.05) is 28.1 Å². The summed E-state index contributed by atoms with van der Waals surface area (Å²) < 4.78 is 33.7. The van der Waals surface area contributed by atoms with Gasteiger partial charge in [0.25, 0.3) is 0 Å². The first-order valence-electron chi connectivity index (χ1n) is 6.00. The van der Waals surface area contributed by atoms with E-state index in [0.717, 1.165) is 10.0 Å². The van der Waals surface area contributed by atoms with Crippen molar-refractivity contribution in [3.63, 3.8) is 0 Å². The number of ether oxygens (including phenoxy) is 1. The molecule has 0 bridgehead atoms. The Morgan fingerprint density at radius 1 is 1.10 bits per heavy atom. The molecule has 1 N–H and O–H groups in total. The Morgan fingerprint density at radius 2 is 1.76 bits per heavy atom. The molecule has 0 aliphatic heterocycles. The van der Waals surface area contributed by atoms with Gasteiger partial charge in [-0.05, 0) is 51.8 Å². The van der Waals surface area contributed by atoms with E-state index in [1.54, 1.807) is 6.07 Å². The molecule has 0 fully saturated rings. The molecule has 7 heteroatoms. The highest BCUT2D eigenvalue weighted by Gasteiger charge is 2.15. The zero-order valence-corrected chi connectivity index (χ0v) is 15.1. The van der Waals surface area contributed by atoms with E-state index in [1.807, 2.05) is 24.3 Å². The van der Waals surface area contributed by atoms with Crippen LogP contribution in [0.4, 0.5) is 0 Å². The molecule has 0 spiro atoms. The lowest BCUT2D eigenvalue weighted by Crippen LogP contribution is -2.23. The molecule has 0 radical (unpaired) electrons. The number of rotatable bonds is 5. The van der Waals surface area contributed by atoms with Gasteiger partial charge in [-0.3, -0.25) is 0 Å². The lowest BCUT2D eigenvalue weighted by molar-refractivity contribution is 0.411. The van der Waals surface area contributed by atoms with Crippen molar-refractivity contribution in [2.24, 2.45) is 0 Å². The fraction of sp³-hybridized carbons (Fsp3) is 0.143. The number of sulfonamides is 1. The molecule has 0 unspecified atom stereocenters. The number of hydrogen-bond acceptors (Lipinski definition) is 3. The number of methoxy groups -OCH3 is 1. The van der Waals surface area contributed by atoms with Gasteiger partial charge in [-0.15, -0.1) is 0 Å². The van der Waals surface area contributed by atoms with Crippen LogP contribution in [0.2, 0.25) is 0 Å². The second-order valence-corrected chi connectivity index (χ2v) is 7.78. The molecule has 0 saturated heterocycles. The fourth-order valence-electron chi connectivity index (χ4n) is 1.68. The Morgan fingerprint density at radius 3 is 2.33 bits per heavy atom. The van der Waals surface area contributed by atoms with Gasteiger partial charge in [0.15, 0.2) is 0 Å². The Labute approximate surface area is 140 Å². The molecule has 0 amide bonds. The molecule has 2 rings (SSSR count). The number of hydrogen-bond donors (Lipinski definition) is 1. The second-order valence-electron chi connectivity index (χ2n) is 4.25. The molecular formula is C14H13Br2NO3S. The van der Waals surface area contributed by atoms with E-state index >= 15 is 0 Å². The van der Waals surface area contributed by atoms with E-state index in [4.69, 9.17) is 4.74 Å². The summed E-state index contributed by atoms with van der Waals surface area (Å²) >= 11 is 6.62. The minimum absolute atomic E-state index is 0.187. The predicted octanol–water partition coefficient (Wildman–Crippen LogP) is 3.70. The molecule has 0 aliphatic carbocycles. The van der Waals surface area contributed by atoms with Gasteiger partial charge in [0, 0.05) is 11.0 Å². The highest BCUT2D eigenvalue weighted by molar-refractivity contribution is 9.10. The zero-order valence-electron chi connectivity index (χ0n) is 11.1. The van der Waals surface area contributed by atoms with Crippen molar-refractivity contribution < 1.29 is 13.2 Å². The molecule has 21 heavy (non-hydrogen) atoms. The topological polar surface area (TPSA) is 55.4 Å². The summed E-state index contributed by atoms with van der Waals surface area (Å²) in [7, 11) is -2.04. The Bertz CT molecular complexity index is 730. The van der Waals surface area contributed by atoms with Crippen LogP contribution in [0.5, 0.6) is 5.75 Å². The van der Waals surface area contributed by atoms with Crippen molar-refractivity contribution in [1.29, 1.82) is 0 Å². The average molecular weight is 435 g/mol. The van der Waals surface area contributed by atoms with Crippen LogP contribution in [-0.2, 0) is 16.6 Å². The highest BCUT2D eigenvalue weighted by atomic mass is 79.9. The summed E-state index contributed by atoms with van der Waals surface area (Å²) in [6.07, 6.45) is 0. The first-order valence-corrected chi connectivity index (χ1v) is 9.07. The normalized spacial score (nSPS) is 11.4. The van der Waals surface area contributed by atoms with Gasteiger partial charge in [-0.2, -0.15) is 0 Å². The maximum Gasteiger partial charge on any atom is 0.240 e. The van der Waals surface area contributed by atoms with E-state index in [1.165, 1.54) is 19.2 Å². The van der Waals surface area contributed by atoms with Crippen LogP contribution in [0.1, 0.15) is 5.56 Å². The van der Waals surface area contributed by atoms with Gasteiger partial charge in [0.05, 0.1) is 16.5 Å². The molecule has 0 saturated carbocycles. The zero-order chi connectivity index (χ0) is 15.5. The van der Waals surface area contributed by atoms with Crippen molar-refractivity contribution in [1.82, 2.24) is 4.72 Å². The Hall–Kier alpha value is -0.890. The number of benzene rings is 2. The lowest BCUT2D eigenvalue weighted by atomic mass is 10.2. The van der Waals surface area contributed by atoms with Gasteiger partial charge >= 0.3 is 0 Å². The summed E-state index contributed by atoms with van der Waals surface area (Å²) in [6.45, 7) is 0.235. The van der Waals surface area contributed by atoms with Gasteiger partial charge in [-0.25, -0.2) is 13.1 Å². The third-order valence-electron chi connectivity index (χ3n) is 2.81. The van der Waals surface area contributed by atoms with Crippen LogP contribution in [0.25, 0.3) is 0 Å². The van der Waals surface area contributed by atoms with E-state index in [0.29, 0.717) is 10.2 Å². The average Bonchev–Trinajstić information content (AvgIpc) is 2.46. The van der Waals surface area contributed by atoms with Gasteiger partial charge in [0.1, 0.15) is 5.75 Å². The van der Waals surface area contributed by atoms with Crippen LogP contribution in [-0.4, -0.2) is 15.5 Å². The van der Waals surface area contributed by atoms with Crippen molar-refractivity contribution in [3.05, 3.63) is 57.0 Å². The van der Waals surface area contributed by atoms with Crippen LogP contribution in [0.3, 0.4) is 0 Å². The molecule has 0 aliphatic rings. The largest absolute Gasteiger partial charge is 0.496 e. The number of nitrogens with one attached hydrogen (secondary N) is 1. The van der Waals surface area contributed by atoms with Crippen LogP contribution in [0, 0.1) is 0 Å². The fourth-order valence-corrected chi connectivity index (χ4v) is 3.68. The molecular weight excluding hydrogens is 422 g/mol. The molecule has 4 nitrogen and oxygen atoms in total. The summed E-state index contributed by atoms with van der Waals surface area (Å²) in [6, 6.07) is 12.1. The summed E-state index contributed by atoms with van der Waals surface area (Å²) in [5, 5.41) is 0. The molecule has 112 valence electrons. The van der Waals surface area contributed by atoms with Crippen LogP contribution < -0.4 is 9.46 Å². The SMILES string of the molecule is COc1ccc(S(=O)(=O)NCc2ccc(Br)cc2)cc1Br. The summed E-state index contributed by atoms with van der Waals surface area (Å²) in [5.74, 6) is 0.585. The first-order chi connectivity index (χ1) is 9.92. The minimum atomic E-state index is -3.56. The van der Waals surface area contributed by atoms with Crippen molar-refractivity contribution in [2.45, 2.75) is 11.4 Å². The maximum atomic E-state index is 12.2.